The van der Waals surface area contributed by atoms with Gasteiger partial charge in [0.25, 0.3) is 0 Å². The second-order valence-corrected chi connectivity index (χ2v) is 6.13. The topological polar surface area (TPSA) is 3.24 Å². The van der Waals surface area contributed by atoms with Crippen molar-refractivity contribution in [2.45, 2.75) is 59.9 Å². The average molecular weight is 278 g/mol. The molecule has 0 aliphatic heterocycles. The molecule has 1 nitrogen and oxygen atoms in total. The van der Waals surface area contributed by atoms with E-state index in [0.717, 1.165) is 5.33 Å². The molecule has 0 aromatic rings. The normalized spacial score (nSPS) is 12.8. The molecule has 0 rings (SSSR count). The summed E-state index contributed by atoms with van der Waals surface area (Å²) in [4.78, 5) is 2.61. The number of hydrogen-bond acceptors (Lipinski definition) is 1. The lowest BCUT2D eigenvalue weighted by Gasteiger charge is -2.34. The highest BCUT2D eigenvalue weighted by Crippen LogP contribution is 2.21. The molecule has 0 heterocycles. The van der Waals surface area contributed by atoms with Gasteiger partial charge in [0.05, 0.1) is 0 Å². The molecule has 0 aliphatic carbocycles. The summed E-state index contributed by atoms with van der Waals surface area (Å²) < 4.78 is 0. The molecule has 0 bridgehead atoms. The number of hydrogen-bond donors (Lipinski definition) is 0. The zero-order valence-electron chi connectivity index (χ0n) is 11.1. The van der Waals surface area contributed by atoms with E-state index in [-0.39, 0.29) is 0 Å². The van der Waals surface area contributed by atoms with E-state index in [0.29, 0.717) is 11.5 Å². The Morgan fingerprint density at radius 3 is 2.20 bits per heavy atom. The predicted molar refractivity (Wildman–Crippen MR) is 73.8 cm³/mol. The molecule has 0 spiro atoms. The first kappa shape index (κ1) is 15.4. The molecule has 15 heavy (non-hydrogen) atoms. The highest BCUT2D eigenvalue weighted by Gasteiger charge is 2.21. The van der Waals surface area contributed by atoms with Gasteiger partial charge in [0.1, 0.15) is 0 Å². The van der Waals surface area contributed by atoms with Gasteiger partial charge in [0.15, 0.2) is 0 Å². The standard InChI is InChI=1S/C13H28BrN/c1-6-7-8-9-15(12(2)3)11-13(4,5)10-14/h12H,6-11H2,1-5H3. The number of nitrogens with zero attached hydrogens (tertiary/aromatic N) is 1. The lowest BCUT2D eigenvalue weighted by molar-refractivity contribution is 0.155. The van der Waals surface area contributed by atoms with Gasteiger partial charge >= 0.3 is 0 Å². The van der Waals surface area contributed by atoms with E-state index < -0.39 is 0 Å². The van der Waals surface area contributed by atoms with Crippen LogP contribution in [0.25, 0.3) is 0 Å². The molecule has 92 valence electrons. The summed E-state index contributed by atoms with van der Waals surface area (Å²) in [5, 5.41) is 1.08. The first-order chi connectivity index (χ1) is 6.93. The van der Waals surface area contributed by atoms with Gasteiger partial charge in [-0.3, -0.25) is 0 Å². The van der Waals surface area contributed by atoms with Crippen molar-refractivity contribution in [3.05, 3.63) is 0 Å². The van der Waals surface area contributed by atoms with Crippen molar-refractivity contribution < 1.29 is 0 Å². The highest BCUT2D eigenvalue weighted by molar-refractivity contribution is 9.09. The molecular weight excluding hydrogens is 250 g/mol. The van der Waals surface area contributed by atoms with Crippen LogP contribution in [0, 0.1) is 5.41 Å². The van der Waals surface area contributed by atoms with Crippen LogP contribution in [0.1, 0.15) is 53.9 Å². The molecule has 0 fully saturated rings. The Bertz CT molecular complexity index is 155. The summed E-state index contributed by atoms with van der Waals surface area (Å²) in [6, 6.07) is 0.667. The molecular formula is C13H28BrN. The third-order valence-corrected chi connectivity index (χ3v) is 4.29. The summed E-state index contributed by atoms with van der Waals surface area (Å²) in [6.45, 7) is 14.0. The van der Waals surface area contributed by atoms with Crippen molar-refractivity contribution in [2.24, 2.45) is 5.41 Å². The molecule has 0 aromatic carbocycles. The maximum atomic E-state index is 3.60. The Balaban J connectivity index is 4.04. The van der Waals surface area contributed by atoms with E-state index in [1.54, 1.807) is 0 Å². The molecule has 0 aromatic heterocycles. The first-order valence-corrected chi connectivity index (χ1v) is 7.35. The minimum atomic E-state index is 0.385. The molecule has 0 N–H and O–H groups in total. The summed E-state index contributed by atoms with van der Waals surface area (Å²) >= 11 is 3.60. The van der Waals surface area contributed by atoms with E-state index in [2.05, 4.69) is 55.4 Å². The Morgan fingerprint density at radius 1 is 1.20 bits per heavy atom. The summed E-state index contributed by atoms with van der Waals surface area (Å²) in [7, 11) is 0. The predicted octanol–water partition coefficient (Wildman–Crippen LogP) is 4.31. The molecule has 0 saturated carbocycles. The Morgan fingerprint density at radius 2 is 1.80 bits per heavy atom. The van der Waals surface area contributed by atoms with Gasteiger partial charge < -0.3 is 4.90 Å². The molecule has 0 amide bonds. The van der Waals surface area contributed by atoms with Crippen LogP contribution in [0.5, 0.6) is 0 Å². The smallest absolute Gasteiger partial charge is 0.00949 e. The minimum absolute atomic E-state index is 0.385. The van der Waals surface area contributed by atoms with E-state index >= 15 is 0 Å². The van der Waals surface area contributed by atoms with Gasteiger partial charge in [0, 0.05) is 17.9 Å². The number of halogens is 1. The van der Waals surface area contributed by atoms with Gasteiger partial charge in [0.2, 0.25) is 0 Å². The molecule has 0 unspecified atom stereocenters. The number of unbranched alkanes of at least 4 members (excludes halogenated alkanes) is 2. The summed E-state index contributed by atoms with van der Waals surface area (Å²) in [5.41, 5.74) is 0.385. The van der Waals surface area contributed by atoms with E-state index in [9.17, 15) is 0 Å². The monoisotopic (exact) mass is 277 g/mol. The maximum Gasteiger partial charge on any atom is 0.00949 e. The SMILES string of the molecule is CCCCCN(CC(C)(C)CBr)C(C)C. The Labute approximate surface area is 105 Å². The quantitative estimate of drug-likeness (QED) is 0.472. The van der Waals surface area contributed by atoms with Gasteiger partial charge in [-0.1, -0.05) is 49.5 Å². The van der Waals surface area contributed by atoms with Gasteiger partial charge in [-0.05, 0) is 32.2 Å². The van der Waals surface area contributed by atoms with Crippen molar-refractivity contribution in [1.82, 2.24) is 4.90 Å². The molecule has 0 saturated heterocycles. The number of alkyl halides is 1. The minimum Gasteiger partial charge on any atom is -0.300 e. The third kappa shape index (κ3) is 7.35. The van der Waals surface area contributed by atoms with E-state index in [1.165, 1.54) is 32.4 Å². The van der Waals surface area contributed by atoms with Crippen LogP contribution in [-0.2, 0) is 0 Å². The second-order valence-electron chi connectivity index (χ2n) is 5.57. The molecule has 0 radical (unpaired) electrons. The van der Waals surface area contributed by atoms with Crippen molar-refractivity contribution in [1.29, 1.82) is 0 Å². The lowest BCUT2D eigenvalue weighted by atomic mass is 9.95. The third-order valence-electron chi connectivity index (χ3n) is 2.77. The fourth-order valence-electron chi connectivity index (χ4n) is 1.68. The molecule has 0 aliphatic rings. The van der Waals surface area contributed by atoms with Crippen molar-refractivity contribution in [3.8, 4) is 0 Å². The van der Waals surface area contributed by atoms with Gasteiger partial charge in [-0.25, -0.2) is 0 Å². The van der Waals surface area contributed by atoms with Crippen LogP contribution in [0.2, 0.25) is 0 Å². The van der Waals surface area contributed by atoms with Crippen LogP contribution < -0.4 is 0 Å². The highest BCUT2D eigenvalue weighted by atomic mass is 79.9. The summed E-state index contributed by atoms with van der Waals surface area (Å²) in [5.74, 6) is 0. The molecule has 0 atom stereocenters. The van der Waals surface area contributed by atoms with Gasteiger partial charge in [-0.15, -0.1) is 0 Å². The van der Waals surface area contributed by atoms with Crippen LogP contribution in [0.4, 0.5) is 0 Å². The fourth-order valence-corrected chi connectivity index (χ4v) is 1.85. The van der Waals surface area contributed by atoms with Crippen LogP contribution in [0.3, 0.4) is 0 Å². The largest absolute Gasteiger partial charge is 0.300 e. The summed E-state index contributed by atoms with van der Waals surface area (Å²) in [6.07, 6.45) is 4.01. The second kappa shape index (κ2) is 7.67. The first-order valence-electron chi connectivity index (χ1n) is 6.23. The van der Waals surface area contributed by atoms with Crippen LogP contribution in [0.15, 0.2) is 0 Å². The zero-order valence-corrected chi connectivity index (χ0v) is 12.7. The fraction of sp³-hybridized carbons (Fsp3) is 1.00. The van der Waals surface area contributed by atoms with E-state index in [1.807, 2.05) is 0 Å². The van der Waals surface area contributed by atoms with E-state index in [4.69, 9.17) is 0 Å². The van der Waals surface area contributed by atoms with Crippen LogP contribution in [-0.4, -0.2) is 29.4 Å². The van der Waals surface area contributed by atoms with Crippen molar-refractivity contribution in [2.75, 3.05) is 18.4 Å². The molecule has 2 heteroatoms. The number of rotatable bonds is 8. The zero-order chi connectivity index (χ0) is 11.9. The van der Waals surface area contributed by atoms with Crippen molar-refractivity contribution >= 4 is 15.9 Å². The van der Waals surface area contributed by atoms with Gasteiger partial charge in [-0.2, -0.15) is 0 Å². The van der Waals surface area contributed by atoms with Crippen LogP contribution >= 0.6 is 15.9 Å². The Hall–Kier alpha value is 0.440. The Kier molecular flexibility index (Phi) is 7.90. The maximum absolute atomic E-state index is 3.60. The lowest BCUT2D eigenvalue weighted by Crippen LogP contribution is -2.40. The van der Waals surface area contributed by atoms with Crippen molar-refractivity contribution in [3.63, 3.8) is 0 Å². The average Bonchev–Trinajstić information content (AvgIpc) is 2.16.